The van der Waals surface area contributed by atoms with E-state index in [-0.39, 0.29) is 46.0 Å². The van der Waals surface area contributed by atoms with Crippen molar-refractivity contribution in [2.45, 2.75) is 44.6 Å². The fourth-order valence-corrected chi connectivity index (χ4v) is 5.80. The van der Waals surface area contributed by atoms with Gasteiger partial charge in [-0.25, -0.2) is 18.4 Å². The Bertz CT molecular complexity index is 1480. The van der Waals surface area contributed by atoms with Gasteiger partial charge in [0.25, 0.3) is 5.91 Å². The van der Waals surface area contributed by atoms with E-state index in [1.54, 1.807) is 6.07 Å². The Labute approximate surface area is 232 Å². The molecular formula is C26H31ClN6O5S. The molecule has 1 aliphatic carbocycles. The van der Waals surface area contributed by atoms with E-state index in [4.69, 9.17) is 16.0 Å². The van der Waals surface area contributed by atoms with Crippen molar-refractivity contribution in [3.05, 3.63) is 41.2 Å². The fraction of sp³-hybridized carbons (Fsp3) is 0.462. The largest absolute Gasteiger partial charge is 0.447 e. The molecule has 4 heterocycles. The van der Waals surface area contributed by atoms with Crippen molar-refractivity contribution in [2.24, 2.45) is 5.92 Å². The highest BCUT2D eigenvalue weighted by atomic mass is 35.5. The standard InChI is InChI=1S/C26H31ClN6O5S/c1-32(39(2,36)37)21-12-10-19-22(30-21)23(24(38-19)26(35)29-20-11-7-17(27)15-28-20)31-25(34)16-5-8-18(9-6-16)33-13-3-4-14-33/h7,10-12,15-16,18H,3-6,8-9,13-14H2,1-2H3,(H,31,34)(H,28,29,35)/t16-,18-. The monoisotopic (exact) mass is 574 g/mol. The van der Waals surface area contributed by atoms with Crippen LogP contribution in [0, 0.1) is 5.92 Å². The van der Waals surface area contributed by atoms with E-state index in [1.807, 2.05) is 0 Å². The molecule has 2 amide bonds. The number of sulfonamides is 1. The van der Waals surface area contributed by atoms with Crippen LogP contribution in [0.25, 0.3) is 11.1 Å². The molecule has 3 aromatic heterocycles. The van der Waals surface area contributed by atoms with Gasteiger partial charge >= 0.3 is 0 Å². The molecule has 2 N–H and O–H groups in total. The number of amides is 2. The molecule has 1 saturated heterocycles. The number of rotatable bonds is 7. The molecule has 0 bridgehead atoms. The summed E-state index contributed by atoms with van der Waals surface area (Å²) >= 11 is 5.89. The maximum atomic E-state index is 13.4. The van der Waals surface area contributed by atoms with Gasteiger partial charge in [0, 0.05) is 25.2 Å². The number of nitrogens with one attached hydrogen (secondary N) is 2. The van der Waals surface area contributed by atoms with Gasteiger partial charge in [-0.1, -0.05) is 11.6 Å². The topological polar surface area (TPSA) is 138 Å². The van der Waals surface area contributed by atoms with Crippen molar-refractivity contribution >= 4 is 61.9 Å². The quantitative estimate of drug-likeness (QED) is 0.430. The highest BCUT2D eigenvalue weighted by molar-refractivity contribution is 7.92. The van der Waals surface area contributed by atoms with Gasteiger partial charge in [0.2, 0.25) is 21.7 Å². The number of furan rings is 1. The summed E-state index contributed by atoms with van der Waals surface area (Å²) in [6.45, 7) is 2.25. The van der Waals surface area contributed by atoms with Gasteiger partial charge in [0.05, 0.1) is 11.3 Å². The van der Waals surface area contributed by atoms with Crippen LogP contribution in [0.4, 0.5) is 17.3 Å². The second kappa shape index (κ2) is 11.1. The number of hydrogen-bond donors (Lipinski definition) is 2. The Morgan fingerprint density at radius 3 is 2.44 bits per heavy atom. The number of halogens is 1. The first-order valence-electron chi connectivity index (χ1n) is 13.0. The third-order valence-electron chi connectivity index (χ3n) is 7.49. The third kappa shape index (κ3) is 6.02. The van der Waals surface area contributed by atoms with Crippen molar-refractivity contribution in [3.8, 4) is 0 Å². The molecule has 0 spiro atoms. The lowest BCUT2D eigenvalue weighted by Crippen LogP contribution is -2.38. The van der Waals surface area contributed by atoms with E-state index >= 15 is 0 Å². The van der Waals surface area contributed by atoms with Crippen LogP contribution < -0.4 is 14.9 Å². The Morgan fingerprint density at radius 1 is 1.08 bits per heavy atom. The molecule has 11 nitrogen and oxygen atoms in total. The number of likely N-dealkylation sites (tertiary alicyclic amines) is 1. The smallest absolute Gasteiger partial charge is 0.294 e. The average Bonchev–Trinajstić information content (AvgIpc) is 3.58. The number of hydrogen-bond acceptors (Lipinski definition) is 8. The first kappa shape index (κ1) is 27.4. The highest BCUT2D eigenvalue weighted by Gasteiger charge is 2.32. The molecule has 208 valence electrons. The molecule has 13 heteroatoms. The molecule has 5 rings (SSSR count). The predicted molar refractivity (Wildman–Crippen MR) is 150 cm³/mol. The first-order chi connectivity index (χ1) is 18.6. The van der Waals surface area contributed by atoms with Crippen LogP contribution in [0.3, 0.4) is 0 Å². The molecule has 1 aliphatic heterocycles. The van der Waals surface area contributed by atoms with Crippen molar-refractivity contribution in [2.75, 3.05) is 41.3 Å². The zero-order valence-corrected chi connectivity index (χ0v) is 23.4. The summed E-state index contributed by atoms with van der Waals surface area (Å²) in [5, 5.41) is 5.95. The van der Waals surface area contributed by atoms with E-state index in [1.165, 1.54) is 44.3 Å². The van der Waals surface area contributed by atoms with Gasteiger partial charge in [-0.05, 0) is 75.9 Å². The number of fused-ring (bicyclic) bond motifs is 1. The van der Waals surface area contributed by atoms with E-state index in [0.29, 0.717) is 11.1 Å². The molecular weight excluding hydrogens is 544 g/mol. The molecule has 39 heavy (non-hydrogen) atoms. The van der Waals surface area contributed by atoms with Crippen LogP contribution in [0.5, 0.6) is 0 Å². The van der Waals surface area contributed by atoms with Crippen LogP contribution in [0.15, 0.2) is 34.9 Å². The summed E-state index contributed by atoms with van der Waals surface area (Å²) in [6.07, 6.45) is 8.30. The molecule has 3 aromatic rings. The molecule has 2 aliphatic rings. The minimum atomic E-state index is -3.59. The molecule has 0 unspecified atom stereocenters. The van der Waals surface area contributed by atoms with Gasteiger partial charge in [-0.3, -0.25) is 13.9 Å². The van der Waals surface area contributed by atoms with Crippen LogP contribution in [0.1, 0.15) is 49.1 Å². The molecule has 0 aromatic carbocycles. The molecule has 0 radical (unpaired) electrons. The number of aromatic nitrogens is 2. The van der Waals surface area contributed by atoms with Gasteiger partial charge in [0.1, 0.15) is 22.8 Å². The Kier molecular flexibility index (Phi) is 7.79. The van der Waals surface area contributed by atoms with Crippen molar-refractivity contribution in [1.29, 1.82) is 0 Å². The number of pyridine rings is 2. The molecule has 0 atom stereocenters. The summed E-state index contributed by atoms with van der Waals surface area (Å²) in [6, 6.07) is 6.62. The maximum Gasteiger partial charge on any atom is 0.294 e. The zero-order valence-electron chi connectivity index (χ0n) is 21.8. The summed E-state index contributed by atoms with van der Waals surface area (Å²) in [5.41, 5.74) is 0.492. The minimum Gasteiger partial charge on any atom is -0.447 e. The van der Waals surface area contributed by atoms with Crippen LogP contribution in [0.2, 0.25) is 5.02 Å². The van der Waals surface area contributed by atoms with E-state index in [0.717, 1.165) is 49.3 Å². The summed E-state index contributed by atoms with van der Waals surface area (Å²) in [4.78, 5) is 37.7. The summed E-state index contributed by atoms with van der Waals surface area (Å²) in [5.74, 6) is -0.877. The maximum absolute atomic E-state index is 13.4. The number of anilines is 3. The third-order valence-corrected chi connectivity index (χ3v) is 8.89. The highest BCUT2D eigenvalue weighted by Crippen LogP contribution is 2.35. The normalized spacial score (nSPS) is 20.2. The van der Waals surface area contributed by atoms with E-state index in [2.05, 4.69) is 25.5 Å². The summed E-state index contributed by atoms with van der Waals surface area (Å²) in [7, 11) is -2.22. The van der Waals surface area contributed by atoms with Gasteiger partial charge < -0.3 is 20.0 Å². The zero-order chi connectivity index (χ0) is 27.7. The lowest BCUT2D eigenvalue weighted by molar-refractivity contribution is -0.121. The molecule has 1 saturated carbocycles. The van der Waals surface area contributed by atoms with Gasteiger partial charge in [0.15, 0.2) is 5.58 Å². The Hall–Kier alpha value is -3.22. The van der Waals surface area contributed by atoms with Crippen LogP contribution >= 0.6 is 11.6 Å². The van der Waals surface area contributed by atoms with Gasteiger partial charge in [-0.2, -0.15) is 0 Å². The Morgan fingerprint density at radius 2 is 1.79 bits per heavy atom. The lowest BCUT2D eigenvalue weighted by Gasteiger charge is -2.33. The second-order valence-corrected chi connectivity index (χ2v) is 12.6. The van der Waals surface area contributed by atoms with Crippen molar-refractivity contribution < 1.29 is 22.4 Å². The van der Waals surface area contributed by atoms with E-state index < -0.39 is 15.9 Å². The first-order valence-corrected chi connectivity index (χ1v) is 15.2. The fourth-order valence-electron chi connectivity index (χ4n) is 5.25. The van der Waals surface area contributed by atoms with Crippen molar-refractivity contribution in [3.63, 3.8) is 0 Å². The summed E-state index contributed by atoms with van der Waals surface area (Å²) < 4.78 is 31.1. The average molecular weight is 575 g/mol. The number of nitrogens with zero attached hydrogens (tertiary/aromatic N) is 4. The number of carbonyl (C=O) groups is 2. The van der Waals surface area contributed by atoms with Crippen LogP contribution in [-0.2, 0) is 14.8 Å². The SMILES string of the molecule is CN(c1ccc2oc(C(=O)Nc3ccc(Cl)cn3)c(NC(=O)[C@H]3CC[C@H](N4CCCC4)CC3)c2n1)S(C)(=O)=O. The lowest BCUT2D eigenvalue weighted by atomic mass is 9.85. The second-order valence-electron chi connectivity index (χ2n) is 10.1. The van der Waals surface area contributed by atoms with E-state index in [9.17, 15) is 18.0 Å². The van der Waals surface area contributed by atoms with Gasteiger partial charge in [-0.15, -0.1) is 0 Å². The van der Waals surface area contributed by atoms with Crippen molar-refractivity contribution in [1.82, 2.24) is 14.9 Å². The number of carbonyl (C=O) groups excluding carboxylic acids is 2. The van der Waals surface area contributed by atoms with Crippen LogP contribution in [-0.4, -0.2) is 67.5 Å². The predicted octanol–water partition coefficient (Wildman–Crippen LogP) is 4.12. The minimum absolute atomic E-state index is 0.0897. The molecule has 2 fully saturated rings. The Balaban J connectivity index is 1.43.